The fourth-order valence-corrected chi connectivity index (χ4v) is 5.67. The standard InChI is InChI=1S/C26H40N2O4/c29-25(12-8-6-4-2-1-3-5-7-10-23-20-31-14-15-32-23)27-17-21-16-22(19-27)24-11-9-13-26(30)28(24)18-21/h9,11,13,21-23H,1-8,10,12,14-20H2. The molecule has 4 heterocycles. The van der Waals surface area contributed by atoms with Crippen LogP contribution in [0, 0.1) is 5.92 Å². The Kier molecular flexibility index (Phi) is 8.80. The lowest BCUT2D eigenvalue weighted by molar-refractivity contribution is -0.134. The van der Waals surface area contributed by atoms with Crippen LogP contribution in [0.15, 0.2) is 23.0 Å². The molecule has 2 fully saturated rings. The molecule has 0 radical (unpaired) electrons. The van der Waals surface area contributed by atoms with Crippen LogP contribution in [0.1, 0.15) is 82.2 Å². The van der Waals surface area contributed by atoms with E-state index in [1.54, 1.807) is 6.07 Å². The van der Waals surface area contributed by atoms with Crippen LogP contribution in [0.5, 0.6) is 0 Å². The molecule has 1 aromatic heterocycles. The number of aromatic nitrogens is 1. The number of rotatable bonds is 11. The third-order valence-corrected chi connectivity index (χ3v) is 7.38. The summed E-state index contributed by atoms with van der Waals surface area (Å²) in [7, 11) is 0. The molecule has 2 saturated heterocycles. The van der Waals surface area contributed by atoms with Crippen LogP contribution >= 0.6 is 0 Å². The largest absolute Gasteiger partial charge is 0.376 e. The lowest BCUT2D eigenvalue weighted by Gasteiger charge is -2.42. The fourth-order valence-electron chi connectivity index (χ4n) is 5.67. The van der Waals surface area contributed by atoms with Crippen molar-refractivity contribution in [3.05, 3.63) is 34.2 Å². The lowest BCUT2D eigenvalue weighted by Crippen LogP contribution is -2.49. The zero-order valence-corrected chi connectivity index (χ0v) is 19.5. The predicted octanol–water partition coefficient (Wildman–Crippen LogP) is 4.11. The Balaban J connectivity index is 1.05. The van der Waals surface area contributed by atoms with Gasteiger partial charge in [0.1, 0.15) is 0 Å². The summed E-state index contributed by atoms with van der Waals surface area (Å²) >= 11 is 0. The lowest BCUT2D eigenvalue weighted by atomic mass is 9.83. The van der Waals surface area contributed by atoms with Gasteiger partial charge in [0.05, 0.1) is 25.9 Å². The second kappa shape index (κ2) is 12.0. The Hall–Kier alpha value is -1.66. The number of pyridine rings is 1. The summed E-state index contributed by atoms with van der Waals surface area (Å²) in [5.41, 5.74) is 1.22. The molecule has 2 bridgehead atoms. The van der Waals surface area contributed by atoms with Gasteiger partial charge in [0.15, 0.2) is 0 Å². The number of hydrogen-bond acceptors (Lipinski definition) is 4. The van der Waals surface area contributed by atoms with Gasteiger partial charge in [0.25, 0.3) is 5.56 Å². The molecule has 3 aliphatic heterocycles. The second-order valence-corrected chi connectivity index (χ2v) is 9.93. The number of likely N-dealkylation sites (tertiary alicyclic amines) is 1. The van der Waals surface area contributed by atoms with Gasteiger partial charge in [-0.05, 0) is 31.2 Å². The van der Waals surface area contributed by atoms with E-state index in [2.05, 4.69) is 11.0 Å². The molecule has 0 spiro atoms. The summed E-state index contributed by atoms with van der Waals surface area (Å²) in [6.45, 7) is 4.62. The number of piperidine rings is 1. The molecule has 0 saturated carbocycles. The minimum Gasteiger partial charge on any atom is -0.376 e. The molecular weight excluding hydrogens is 404 g/mol. The van der Waals surface area contributed by atoms with Gasteiger partial charge in [0.2, 0.25) is 5.91 Å². The first-order chi connectivity index (χ1) is 15.7. The van der Waals surface area contributed by atoms with Crippen molar-refractivity contribution in [3.8, 4) is 0 Å². The van der Waals surface area contributed by atoms with E-state index >= 15 is 0 Å². The predicted molar refractivity (Wildman–Crippen MR) is 125 cm³/mol. The van der Waals surface area contributed by atoms with E-state index in [1.165, 1.54) is 38.5 Å². The van der Waals surface area contributed by atoms with Crippen LogP contribution in [0.25, 0.3) is 0 Å². The molecular formula is C26H40N2O4. The molecule has 0 aliphatic carbocycles. The van der Waals surface area contributed by atoms with Gasteiger partial charge in [-0.1, -0.05) is 51.0 Å². The van der Waals surface area contributed by atoms with Crippen LogP contribution < -0.4 is 5.56 Å². The molecule has 3 aliphatic rings. The van der Waals surface area contributed by atoms with E-state index in [9.17, 15) is 9.59 Å². The van der Waals surface area contributed by atoms with Crippen molar-refractivity contribution in [1.29, 1.82) is 0 Å². The molecule has 4 rings (SSSR count). The second-order valence-electron chi connectivity index (χ2n) is 9.93. The highest BCUT2D eigenvalue weighted by Crippen LogP contribution is 2.35. The summed E-state index contributed by atoms with van der Waals surface area (Å²) in [5.74, 6) is 1.04. The Bertz CT molecular complexity index is 786. The highest BCUT2D eigenvalue weighted by molar-refractivity contribution is 5.76. The van der Waals surface area contributed by atoms with Gasteiger partial charge in [0, 0.05) is 43.7 Å². The van der Waals surface area contributed by atoms with E-state index in [-0.39, 0.29) is 5.56 Å². The zero-order chi connectivity index (χ0) is 22.2. The van der Waals surface area contributed by atoms with Gasteiger partial charge < -0.3 is 18.9 Å². The minimum absolute atomic E-state index is 0.102. The van der Waals surface area contributed by atoms with Crippen LogP contribution in [0.2, 0.25) is 0 Å². The number of unbranched alkanes of at least 4 members (excludes halogenated alkanes) is 7. The molecule has 178 valence electrons. The molecule has 32 heavy (non-hydrogen) atoms. The maximum Gasteiger partial charge on any atom is 0.250 e. The number of nitrogens with zero attached hydrogens (tertiary/aromatic N) is 2. The van der Waals surface area contributed by atoms with Crippen molar-refractivity contribution in [2.24, 2.45) is 5.92 Å². The van der Waals surface area contributed by atoms with Crippen molar-refractivity contribution in [1.82, 2.24) is 9.47 Å². The van der Waals surface area contributed by atoms with Crippen LogP contribution in [0.4, 0.5) is 0 Å². The average Bonchev–Trinajstić information content (AvgIpc) is 2.81. The summed E-state index contributed by atoms with van der Waals surface area (Å²) in [6, 6.07) is 5.57. The minimum atomic E-state index is 0.102. The van der Waals surface area contributed by atoms with Crippen LogP contribution in [0.3, 0.4) is 0 Å². The van der Waals surface area contributed by atoms with Gasteiger partial charge in [-0.3, -0.25) is 9.59 Å². The topological polar surface area (TPSA) is 60.8 Å². The first kappa shape index (κ1) is 23.5. The Morgan fingerprint density at radius 2 is 1.72 bits per heavy atom. The summed E-state index contributed by atoms with van der Waals surface area (Å²) < 4.78 is 13.1. The maximum absolute atomic E-state index is 12.8. The zero-order valence-electron chi connectivity index (χ0n) is 19.5. The maximum atomic E-state index is 12.8. The first-order valence-electron chi connectivity index (χ1n) is 12.9. The number of carbonyl (C=O) groups is 1. The first-order valence-corrected chi connectivity index (χ1v) is 12.9. The SMILES string of the molecule is O=C(CCCCCCCCCCC1COCCO1)N1CC2CC(C1)c1cccc(=O)n1C2. The number of amides is 1. The highest BCUT2D eigenvalue weighted by atomic mass is 16.6. The van der Waals surface area contributed by atoms with Crippen LogP contribution in [-0.4, -0.2) is 54.4 Å². The molecule has 3 atom stereocenters. The summed E-state index contributed by atoms with van der Waals surface area (Å²) in [6.07, 6.45) is 13.0. The molecule has 0 N–H and O–H groups in total. The molecule has 6 nitrogen and oxygen atoms in total. The molecule has 6 heteroatoms. The van der Waals surface area contributed by atoms with E-state index in [1.807, 2.05) is 10.6 Å². The van der Waals surface area contributed by atoms with Gasteiger partial charge in [-0.2, -0.15) is 0 Å². The molecule has 0 aromatic carbocycles. The Morgan fingerprint density at radius 3 is 2.50 bits per heavy atom. The monoisotopic (exact) mass is 444 g/mol. The Labute approximate surface area is 192 Å². The number of fused-ring (bicyclic) bond motifs is 4. The normalized spacial score (nSPS) is 24.9. The Morgan fingerprint density at radius 1 is 0.938 bits per heavy atom. The third-order valence-electron chi connectivity index (χ3n) is 7.38. The number of carbonyl (C=O) groups excluding carboxylic acids is 1. The molecule has 1 amide bonds. The van der Waals surface area contributed by atoms with Crippen molar-refractivity contribution < 1.29 is 14.3 Å². The number of ether oxygens (including phenoxy) is 2. The van der Waals surface area contributed by atoms with Gasteiger partial charge >= 0.3 is 0 Å². The smallest absolute Gasteiger partial charge is 0.250 e. The van der Waals surface area contributed by atoms with E-state index in [4.69, 9.17) is 9.47 Å². The molecule has 1 aromatic rings. The van der Waals surface area contributed by atoms with Gasteiger partial charge in [-0.15, -0.1) is 0 Å². The van der Waals surface area contributed by atoms with Crippen molar-refractivity contribution in [3.63, 3.8) is 0 Å². The molecule has 3 unspecified atom stereocenters. The third kappa shape index (κ3) is 6.44. The average molecular weight is 445 g/mol. The van der Waals surface area contributed by atoms with Crippen molar-refractivity contribution in [2.75, 3.05) is 32.9 Å². The van der Waals surface area contributed by atoms with Gasteiger partial charge in [-0.25, -0.2) is 0 Å². The van der Waals surface area contributed by atoms with Crippen molar-refractivity contribution in [2.45, 2.75) is 89.2 Å². The summed E-state index contributed by atoms with van der Waals surface area (Å²) in [5, 5.41) is 0. The fraction of sp³-hybridized carbons (Fsp3) is 0.769. The highest BCUT2D eigenvalue weighted by Gasteiger charge is 2.35. The quantitative estimate of drug-likeness (QED) is 0.482. The van der Waals surface area contributed by atoms with E-state index in [0.717, 1.165) is 70.8 Å². The summed E-state index contributed by atoms with van der Waals surface area (Å²) in [4.78, 5) is 27.0. The number of hydrogen-bond donors (Lipinski definition) is 0. The van der Waals surface area contributed by atoms with E-state index in [0.29, 0.717) is 30.3 Å². The van der Waals surface area contributed by atoms with Crippen LogP contribution in [-0.2, 0) is 20.8 Å². The van der Waals surface area contributed by atoms with Crippen molar-refractivity contribution >= 4 is 5.91 Å². The van der Waals surface area contributed by atoms with E-state index < -0.39 is 0 Å².